The molecule has 0 aliphatic heterocycles. The molecule has 2 aromatic heterocycles. The molecule has 0 bridgehead atoms. The van der Waals surface area contributed by atoms with Crippen LogP contribution in [0.5, 0.6) is 0 Å². The van der Waals surface area contributed by atoms with E-state index in [0.717, 1.165) is 84.2 Å². The maximum absolute atomic E-state index is 5.32. The molecular formula is C64H47N5. The van der Waals surface area contributed by atoms with Crippen molar-refractivity contribution in [3.63, 3.8) is 0 Å². The zero-order valence-electron chi connectivity index (χ0n) is 38.9. The summed E-state index contributed by atoms with van der Waals surface area (Å²) in [7, 11) is 0. The van der Waals surface area contributed by atoms with E-state index in [1.54, 1.807) is 0 Å². The van der Waals surface area contributed by atoms with Gasteiger partial charge >= 0.3 is 0 Å². The second kappa shape index (κ2) is 15.5. The van der Waals surface area contributed by atoms with Crippen LogP contribution in [0.1, 0.15) is 49.9 Å². The molecule has 2 aliphatic carbocycles. The average Bonchev–Trinajstić information content (AvgIpc) is 3.77. The van der Waals surface area contributed by atoms with Crippen LogP contribution < -0.4 is 4.90 Å². The summed E-state index contributed by atoms with van der Waals surface area (Å²) in [5.74, 6) is 0. The summed E-state index contributed by atoms with van der Waals surface area (Å²) in [6.07, 6.45) is 0. The summed E-state index contributed by atoms with van der Waals surface area (Å²) < 4.78 is 0. The molecule has 0 N–H and O–H groups in total. The quantitative estimate of drug-likeness (QED) is 0.160. The van der Waals surface area contributed by atoms with Crippen LogP contribution in [0.2, 0.25) is 0 Å². The Hall–Kier alpha value is -8.54. The minimum Gasteiger partial charge on any atom is -0.311 e. The molecule has 0 fully saturated rings. The van der Waals surface area contributed by atoms with Gasteiger partial charge < -0.3 is 4.90 Å². The summed E-state index contributed by atoms with van der Waals surface area (Å²) in [5, 5.41) is 0. The second-order valence-corrected chi connectivity index (χ2v) is 19.4. The molecule has 0 saturated carbocycles. The highest BCUT2D eigenvalue weighted by molar-refractivity contribution is 5.92. The minimum absolute atomic E-state index is 0.133. The summed E-state index contributed by atoms with van der Waals surface area (Å²) in [6.45, 7) is 9.29. The third kappa shape index (κ3) is 6.52. The van der Waals surface area contributed by atoms with Crippen LogP contribution in [0.15, 0.2) is 212 Å². The van der Waals surface area contributed by atoms with Crippen LogP contribution in [-0.2, 0) is 10.8 Å². The zero-order valence-corrected chi connectivity index (χ0v) is 38.9. The topological polar surface area (TPSA) is 54.8 Å². The Morgan fingerprint density at radius 3 is 0.986 bits per heavy atom. The SMILES string of the molecule is CC1(C)c2ccccc2-c2ccc(-c3nc4ccccc4nc3-c3ccc(N(c4ccccc4)c4ccc(-c5nc6ccccc6nc5-c5ccc6c(c5)C(C)(C)c5ccccc5-6)cc4)cc3)cc21. The smallest absolute Gasteiger partial charge is 0.0973 e. The van der Waals surface area contributed by atoms with Gasteiger partial charge in [-0.2, -0.15) is 0 Å². The monoisotopic (exact) mass is 885 g/mol. The molecule has 0 spiro atoms. The van der Waals surface area contributed by atoms with Gasteiger partial charge in [-0.3, -0.25) is 0 Å². The van der Waals surface area contributed by atoms with E-state index in [1.807, 2.05) is 36.4 Å². The predicted molar refractivity (Wildman–Crippen MR) is 284 cm³/mol. The summed E-state index contributed by atoms with van der Waals surface area (Å²) in [4.78, 5) is 23.6. The highest BCUT2D eigenvalue weighted by Crippen LogP contribution is 2.51. The van der Waals surface area contributed by atoms with Crippen molar-refractivity contribution in [2.45, 2.75) is 38.5 Å². The number of hydrogen-bond acceptors (Lipinski definition) is 5. The van der Waals surface area contributed by atoms with Crippen LogP contribution in [-0.4, -0.2) is 19.9 Å². The highest BCUT2D eigenvalue weighted by atomic mass is 15.1. The van der Waals surface area contributed by atoms with Crippen LogP contribution in [0, 0.1) is 0 Å². The molecule has 0 amide bonds. The molecular weight excluding hydrogens is 839 g/mol. The van der Waals surface area contributed by atoms with Crippen molar-refractivity contribution < 1.29 is 0 Å². The van der Waals surface area contributed by atoms with Crippen LogP contribution >= 0.6 is 0 Å². The first-order chi connectivity index (χ1) is 33.7. The molecule has 0 radical (unpaired) electrons. The van der Waals surface area contributed by atoms with E-state index in [0.29, 0.717) is 0 Å². The van der Waals surface area contributed by atoms with Crippen molar-refractivity contribution in [1.82, 2.24) is 19.9 Å². The van der Waals surface area contributed by atoms with E-state index in [9.17, 15) is 0 Å². The average molecular weight is 886 g/mol. The summed E-state index contributed by atoms with van der Waals surface area (Å²) in [5.41, 5.74) is 24.4. The van der Waals surface area contributed by atoms with Gasteiger partial charge in [0.1, 0.15) is 0 Å². The van der Waals surface area contributed by atoms with Crippen molar-refractivity contribution in [3.05, 3.63) is 235 Å². The van der Waals surface area contributed by atoms with Crippen molar-refractivity contribution in [2.75, 3.05) is 4.90 Å². The van der Waals surface area contributed by atoms with E-state index in [2.05, 4.69) is 209 Å². The standard InChI is InChI=1S/C64H47N5/c1-63(2)51-20-10-8-18-47(51)49-36-30-42(38-53(49)63)61-59(65-55-22-12-14-24-57(55)67-61)40-26-32-45(33-27-40)69(44-16-6-5-7-17-44)46-34-28-41(29-35-46)60-62(68-58-25-15-13-23-56(58)66-60)43-31-37-50-48-19-9-11-21-52(48)64(3,4)54(50)39-43/h5-39H,1-4H3. The Kier molecular flexibility index (Phi) is 9.15. The molecule has 13 rings (SSSR count). The second-order valence-electron chi connectivity index (χ2n) is 19.4. The molecule has 5 heteroatoms. The Labute approximate surface area is 402 Å². The summed E-state index contributed by atoms with van der Waals surface area (Å²) >= 11 is 0. The predicted octanol–water partition coefficient (Wildman–Crippen LogP) is 16.3. The van der Waals surface area contributed by atoms with Crippen LogP contribution in [0.3, 0.4) is 0 Å². The number of fused-ring (bicyclic) bond motifs is 8. The van der Waals surface area contributed by atoms with Crippen LogP contribution in [0.4, 0.5) is 17.1 Å². The van der Waals surface area contributed by atoms with Gasteiger partial charge in [-0.25, -0.2) is 19.9 Å². The third-order valence-electron chi connectivity index (χ3n) is 14.7. The van der Waals surface area contributed by atoms with Gasteiger partial charge in [-0.05, 0) is 117 Å². The zero-order chi connectivity index (χ0) is 46.4. The fraction of sp³-hybridized carbons (Fsp3) is 0.0938. The summed E-state index contributed by atoms with van der Waals surface area (Å²) in [6, 6.07) is 75.6. The van der Waals surface area contributed by atoms with Gasteiger partial charge in [0, 0.05) is 50.1 Å². The number of hydrogen-bond donors (Lipinski definition) is 0. The minimum atomic E-state index is -0.133. The third-order valence-corrected chi connectivity index (χ3v) is 14.7. The van der Waals surface area contributed by atoms with E-state index in [4.69, 9.17) is 19.9 Å². The number of rotatable bonds is 7. The largest absolute Gasteiger partial charge is 0.311 e. The van der Waals surface area contributed by atoms with Crippen molar-refractivity contribution >= 4 is 39.1 Å². The molecule has 69 heavy (non-hydrogen) atoms. The number of para-hydroxylation sites is 5. The van der Waals surface area contributed by atoms with Gasteiger partial charge in [0.2, 0.25) is 0 Å². The fourth-order valence-corrected chi connectivity index (χ4v) is 11.1. The van der Waals surface area contributed by atoms with Gasteiger partial charge in [0.15, 0.2) is 0 Å². The molecule has 0 unspecified atom stereocenters. The fourth-order valence-electron chi connectivity index (χ4n) is 11.1. The molecule has 9 aromatic carbocycles. The maximum Gasteiger partial charge on any atom is 0.0973 e. The molecule has 0 atom stereocenters. The molecule has 0 saturated heterocycles. The lowest BCUT2D eigenvalue weighted by Gasteiger charge is -2.26. The van der Waals surface area contributed by atoms with Gasteiger partial charge in [-0.1, -0.05) is 167 Å². The normalized spacial score (nSPS) is 13.7. The van der Waals surface area contributed by atoms with Gasteiger partial charge in [0.25, 0.3) is 0 Å². The maximum atomic E-state index is 5.32. The van der Waals surface area contributed by atoms with Gasteiger partial charge in [0.05, 0.1) is 44.8 Å². The van der Waals surface area contributed by atoms with E-state index >= 15 is 0 Å². The Balaban J connectivity index is 0.885. The van der Waals surface area contributed by atoms with E-state index in [-0.39, 0.29) is 10.8 Å². The molecule has 5 nitrogen and oxygen atoms in total. The first-order valence-corrected chi connectivity index (χ1v) is 23.8. The van der Waals surface area contributed by atoms with E-state index in [1.165, 1.54) is 44.5 Å². The number of anilines is 3. The van der Waals surface area contributed by atoms with E-state index < -0.39 is 0 Å². The lowest BCUT2D eigenvalue weighted by atomic mass is 9.81. The van der Waals surface area contributed by atoms with Gasteiger partial charge in [-0.15, -0.1) is 0 Å². The Morgan fingerprint density at radius 2 is 0.580 bits per heavy atom. The lowest BCUT2D eigenvalue weighted by Crippen LogP contribution is -2.15. The first-order valence-electron chi connectivity index (χ1n) is 23.8. The lowest BCUT2D eigenvalue weighted by molar-refractivity contribution is 0.660. The molecule has 11 aromatic rings. The Bertz CT molecular complexity index is 3600. The van der Waals surface area contributed by atoms with Crippen molar-refractivity contribution in [1.29, 1.82) is 0 Å². The number of aromatic nitrogens is 4. The molecule has 328 valence electrons. The number of nitrogens with zero attached hydrogens (tertiary/aromatic N) is 5. The first kappa shape index (κ1) is 40.7. The Morgan fingerprint density at radius 1 is 0.275 bits per heavy atom. The highest BCUT2D eigenvalue weighted by Gasteiger charge is 2.37. The van der Waals surface area contributed by atoms with Crippen molar-refractivity contribution in [2.24, 2.45) is 0 Å². The van der Waals surface area contributed by atoms with Crippen LogP contribution in [0.25, 0.3) is 89.4 Å². The number of benzene rings is 9. The molecule has 2 heterocycles. The molecule has 2 aliphatic rings. The van der Waals surface area contributed by atoms with Crippen molar-refractivity contribution in [3.8, 4) is 67.3 Å².